The van der Waals surface area contributed by atoms with Gasteiger partial charge in [-0.25, -0.2) is 0 Å². The standard InChI is InChI=1S/C23H24N2O4/c26-23-16-28-15-19-13-18(22-14-17-3-1-2-4-21(17)29-22)5-6-20(19)25(23)8-7-24-9-11-27-12-10-24/h1-6,13-14H,7-12,15-16H2. The summed E-state index contributed by atoms with van der Waals surface area (Å²) in [4.78, 5) is 16.9. The average molecular weight is 392 g/mol. The van der Waals surface area contributed by atoms with Crippen LogP contribution >= 0.6 is 0 Å². The molecule has 0 bridgehead atoms. The second kappa shape index (κ2) is 7.99. The summed E-state index contributed by atoms with van der Waals surface area (Å²) < 4.78 is 17.1. The molecule has 6 heteroatoms. The summed E-state index contributed by atoms with van der Waals surface area (Å²) in [7, 11) is 0. The van der Waals surface area contributed by atoms with Crippen LogP contribution in [0.3, 0.4) is 0 Å². The van der Waals surface area contributed by atoms with Crippen molar-refractivity contribution >= 4 is 22.6 Å². The zero-order valence-electron chi connectivity index (χ0n) is 16.3. The molecular weight excluding hydrogens is 368 g/mol. The summed E-state index contributed by atoms with van der Waals surface area (Å²) >= 11 is 0. The summed E-state index contributed by atoms with van der Waals surface area (Å²) in [6.07, 6.45) is 0. The van der Waals surface area contributed by atoms with E-state index in [9.17, 15) is 4.79 Å². The molecule has 0 N–H and O–H groups in total. The topological polar surface area (TPSA) is 55.2 Å². The maximum Gasteiger partial charge on any atom is 0.253 e. The molecule has 1 amide bonds. The van der Waals surface area contributed by atoms with E-state index in [-0.39, 0.29) is 12.5 Å². The molecule has 0 radical (unpaired) electrons. The summed E-state index contributed by atoms with van der Waals surface area (Å²) in [5.74, 6) is 0.831. The van der Waals surface area contributed by atoms with Crippen molar-refractivity contribution in [3.05, 3.63) is 54.1 Å². The van der Waals surface area contributed by atoms with Crippen LogP contribution in [0.2, 0.25) is 0 Å². The Morgan fingerprint density at radius 2 is 1.76 bits per heavy atom. The molecule has 0 spiro atoms. The van der Waals surface area contributed by atoms with E-state index in [1.54, 1.807) is 0 Å². The molecule has 0 unspecified atom stereocenters. The molecule has 6 nitrogen and oxygen atoms in total. The molecule has 2 aliphatic rings. The van der Waals surface area contributed by atoms with Gasteiger partial charge in [-0.3, -0.25) is 9.69 Å². The molecule has 1 aromatic heterocycles. The lowest BCUT2D eigenvalue weighted by Crippen LogP contribution is -2.43. The molecule has 150 valence electrons. The fourth-order valence-electron chi connectivity index (χ4n) is 4.01. The van der Waals surface area contributed by atoms with E-state index < -0.39 is 0 Å². The number of benzene rings is 2. The zero-order valence-corrected chi connectivity index (χ0v) is 16.3. The van der Waals surface area contributed by atoms with Crippen molar-refractivity contribution in [2.45, 2.75) is 6.61 Å². The number of rotatable bonds is 4. The van der Waals surface area contributed by atoms with Gasteiger partial charge < -0.3 is 18.8 Å². The Labute approximate surface area is 169 Å². The first-order valence-corrected chi connectivity index (χ1v) is 10.1. The number of carbonyl (C=O) groups is 1. The van der Waals surface area contributed by atoms with Crippen molar-refractivity contribution in [3.8, 4) is 11.3 Å². The summed E-state index contributed by atoms with van der Waals surface area (Å²) in [6, 6.07) is 16.2. The van der Waals surface area contributed by atoms with Crippen LogP contribution in [0.4, 0.5) is 5.69 Å². The van der Waals surface area contributed by atoms with Crippen molar-refractivity contribution in [1.82, 2.24) is 4.90 Å². The van der Waals surface area contributed by atoms with Gasteiger partial charge in [0.25, 0.3) is 5.91 Å². The number of ether oxygens (including phenoxy) is 2. The van der Waals surface area contributed by atoms with Crippen LogP contribution in [0.15, 0.2) is 52.9 Å². The van der Waals surface area contributed by atoms with Crippen molar-refractivity contribution in [3.63, 3.8) is 0 Å². The van der Waals surface area contributed by atoms with Gasteiger partial charge in [0.1, 0.15) is 18.0 Å². The van der Waals surface area contributed by atoms with Gasteiger partial charge in [0.2, 0.25) is 0 Å². The monoisotopic (exact) mass is 392 g/mol. The van der Waals surface area contributed by atoms with Crippen LogP contribution in [0, 0.1) is 0 Å². The molecule has 29 heavy (non-hydrogen) atoms. The van der Waals surface area contributed by atoms with Crippen molar-refractivity contribution < 1.29 is 18.7 Å². The smallest absolute Gasteiger partial charge is 0.253 e. The molecule has 0 aliphatic carbocycles. The fraction of sp³-hybridized carbons (Fsp3) is 0.348. The summed E-state index contributed by atoms with van der Waals surface area (Å²) in [5.41, 5.74) is 3.80. The Kier molecular flexibility index (Phi) is 5.06. The lowest BCUT2D eigenvalue weighted by molar-refractivity contribution is -0.123. The highest BCUT2D eigenvalue weighted by molar-refractivity contribution is 5.96. The highest BCUT2D eigenvalue weighted by atomic mass is 16.5. The van der Waals surface area contributed by atoms with E-state index in [1.807, 2.05) is 41.3 Å². The molecule has 3 heterocycles. The number of fused-ring (bicyclic) bond motifs is 2. The van der Waals surface area contributed by atoms with Gasteiger partial charge in [-0.05, 0) is 30.3 Å². The number of hydrogen-bond acceptors (Lipinski definition) is 5. The van der Waals surface area contributed by atoms with Crippen LogP contribution in [0.1, 0.15) is 5.56 Å². The van der Waals surface area contributed by atoms with Gasteiger partial charge in [0.15, 0.2) is 0 Å². The van der Waals surface area contributed by atoms with Crippen LogP contribution < -0.4 is 4.90 Å². The van der Waals surface area contributed by atoms with Gasteiger partial charge in [-0.1, -0.05) is 18.2 Å². The van der Waals surface area contributed by atoms with Crippen LogP contribution in [0.25, 0.3) is 22.3 Å². The Bertz CT molecular complexity index is 990. The van der Waals surface area contributed by atoms with Gasteiger partial charge in [-0.15, -0.1) is 0 Å². The van der Waals surface area contributed by atoms with Gasteiger partial charge in [-0.2, -0.15) is 0 Å². The van der Waals surface area contributed by atoms with Crippen LogP contribution in [-0.2, 0) is 20.9 Å². The average Bonchev–Trinajstić information content (AvgIpc) is 3.13. The molecule has 0 saturated carbocycles. The van der Waals surface area contributed by atoms with Gasteiger partial charge >= 0.3 is 0 Å². The highest BCUT2D eigenvalue weighted by Gasteiger charge is 2.24. The molecule has 1 fully saturated rings. The Hall–Kier alpha value is -2.67. The lowest BCUT2D eigenvalue weighted by Gasteiger charge is -2.30. The SMILES string of the molecule is O=C1COCc2cc(-c3cc4ccccc4o3)ccc2N1CCN1CCOCC1. The summed E-state index contributed by atoms with van der Waals surface area (Å²) in [5, 5.41) is 1.08. The first-order valence-electron chi connectivity index (χ1n) is 10.1. The zero-order chi connectivity index (χ0) is 19.6. The third kappa shape index (κ3) is 3.79. The van der Waals surface area contributed by atoms with E-state index in [1.165, 1.54) is 0 Å². The number of furan rings is 1. The van der Waals surface area contributed by atoms with Crippen LogP contribution in [-0.4, -0.2) is 56.8 Å². The van der Waals surface area contributed by atoms with E-state index in [0.29, 0.717) is 13.2 Å². The molecule has 3 aromatic rings. The molecule has 2 aromatic carbocycles. The quantitative estimate of drug-likeness (QED) is 0.682. The van der Waals surface area contributed by atoms with E-state index in [0.717, 1.165) is 66.4 Å². The maximum absolute atomic E-state index is 12.7. The number of hydrogen-bond donors (Lipinski definition) is 0. The minimum atomic E-state index is 0.00787. The highest BCUT2D eigenvalue weighted by Crippen LogP contribution is 2.33. The molecule has 2 aliphatic heterocycles. The Balaban J connectivity index is 1.42. The molecule has 0 atom stereocenters. The van der Waals surface area contributed by atoms with Crippen molar-refractivity contribution in [2.75, 3.05) is 50.9 Å². The number of anilines is 1. The number of para-hydroxylation sites is 1. The third-order valence-corrected chi connectivity index (χ3v) is 5.61. The van der Waals surface area contributed by atoms with E-state index in [2.05, 4.69) is 17.0 Å². The number of morpholine rings is 1. The first-order chi connectivity index (χ1) is 14.3. The minimum absolute atomic E-state index is 0.00787. The Morgan fingerprint density at radius 3 is 2.62 bits per heavy atom. The second-order valence-electron chi connectivity index (χ2n) is 7.48. The summed E-state index contributed by atoms with van der Waals surface area (Å²) in [6.45, 7) is 5.36. The van der Waals surface area contributed by atoms with Crippen molar-refractivity contribution in [1.29, 1.82) is 0 Å². The van der Waals surface area contributed by atoms with Crippen LogP contribution in [0.5, 0.6) is 0 Å². The van der Waals surface area contributed by atoms with Gasteiger partial charge in [0.05, 0.1) is 19.8 Å². The predicted molar refractivity (Wildman–Crippen MR) is 111 cm³/mol. The third-order valence-electron chi connectivity index (χ3n) is 5.61. The predicted octanol–water partition coefficient (Wildman–Crippen LogP) is 3.30. The minimum Gasteiger partial charge on any atom is -0.456 e. The molecule has 5 rings (SSSR count). The molecular formula is C23H24N2O4. The Morgan fingerprint density at radius 1 is 0.897 bits per heavy atom. The molecule has 1 saturated heterocycles. The first kappa shape index (κ1) is 18.4. The maximum atomic E-state index is 12.7. The number of amides is 1. The fourth-order valence-corrected chi connectivity index (χ4v) is 4.01. The largest absolute Gasteiger partial charge is 0.456 e. The normalized spacial score (nSPS) is 18.1. The number of nitrogens with zero attached hydrogens (tertiary/aromatic N) is 2. The van der Waals surface area contributed by atoms with E-state index >= 15 is 0 Å². The van der Waals surface area contributed by atoms with Crippen molar-refractivity contribution in [2.24, 2.45) is 0 Å². The van der Waals surface area contributed by atoms with Gasteiger partial charge in [0, 0.05) is 48.4 Å². The number of carbonyl (C=O) groups excluding carboxylic acids is 1. The second-order valence-corrected chi connectivity index (χ2v) is 7.48. The lowest BCUT2D eigenvalue weighted by atomic mass is 10.1. The van der Waals surface area contributed by atoms with E-state index in [4.69, 9.17) is 13.9 Å².